The Bertz CT molecular complexity index is 455. The van der Waals surface area contributed by atoms with Crippen LogP contribution < -0.4 is 0 Å². The largest absolute Gasteiger partial charge is 0.463 e. The Morgan fingerprint density at radius 2 is 1.64 bits per heavy atom. The van der Waals surface area contributed by atoms with Crippen LogP contribution in [0.1, 0.15) is 45.3 Å². The second-order valence-electron chi connectivity index (χ2n) is 4.91. The summed E-state index contributed by atoms with van der Waals surface area (Å²) in [5.41, 5.74) is 0.613. The lowest BCUT2D eigenvalue weighted by Crippen LogP contribution is -2.35. The van der Waals surface area contributed by atoms with Crippen LogP contribution in [0.4, 0.5) is 4.79 Å². The first-order valence-corrected chi connectivity index (χ1v) is 7.81. The molecule has 0 heterocycles. The minimum Gasteiger partial charge on any atom is -0.463 e. The number of rotatable bonds is 8. The third-order valence-corrected chi connectivity index (χ3v) is 3.07. The molecule has 0 saturated carbocycles. The lowest BCUT2D eigenvalue weighted by Gasteiger charge is -2.24. The number of nitrogens with zero attached hydrogens (tertiary/aromatic N) is 1. The number of ether oxygens (including phenoxy) is 2. The number of carbonyl (C=O) groups is 2. The number of hydrogen-bond donors (Lipinski definition) is 0. The van der Waals surface area contributed by atoms with E-state index in [9.17, 15) is 9.59 Å². The molecule has 22 heavy (non-hydrogen) atoms. The molecule has 1 rings (SSSR count). The second kappa shape index (κ2) is 9.82. The number of hydrogen-bond acceptors (Lipinski definition) is 4. The summed E-state index contributed by atoms with van der Waals surface area (Å²) >= 11 is 0. The van der Waals surface area contributed by atoms with E-state index in [-0.39, 0.29) is 6.61 Å². The fourth-order valence-electron chi connectivity index (χ4n) is 2.11. The Labute approximate surface area is 132 Å². The van der Waals surface area contributed by atoms with Crippen molar-refractivity contribution in [1.82, 2.24) is 4.90 Å². The summed E-state index contributed by atoms with van der Waals surface area (Å²) < 4.78 is 10.5. The number of carbonyl (C=O) groups excluding carboxylic acids is 2. The smallest absolute Gasteiger partial charge is 0.410 e. The van der Waals surface area contributed by atoms with E-state index in [4.69, 9.17) is 9.47 Å². The van der Waals surface area contributed by atoms with Crippen molar-refractivity contribution in [3.8, 4) is 0 Å². The molecule has 0 fully saturated rings. The highest BCUT2D eigenvalue weighted by Crippen LogP contribution is 2.20. The molecule has 0 spiro atoms. The summed E-state index contributed by atoms with van der Waals surface area (Å²) in [7, 11) is 0. The highest BCUT2D eigenvalue weighted by atomic mass is 16.6. The summed E-state index contributed by atoms with van der Waals surface area (Å²) in [6, 6.07) is 8.93. The van der Waals surface area contributed by atoms with E-state index < -0.39 is 18.2 Å². The van der Waals surface area contributed by atoms with E-state index in [1.807, 2.05) is 19.9 Å². The first-order chi connectivity index (χ1) is 10.6. The first kappa shape index (κ1) is 18.0. The second-order valence-corrected chi connectivity index (χ2v) is 4.91. The Balaban J connectivity index is 2.88. The molecule has 0 N–H and O–H groups in total. The van der Waals surface area contributed by atoms with E-state index in [0.717, 1.165) is 12.8 Å². The van der Waals surface area contributed by atoms with Crippen LogP contribution in [0.15, 0.2) is 30.3 Å². The summed E-state index contributed by atoms with van der Waals surface area (Å²) in [4.78, 5) is 26.0. The van der Waals surface area contributed by atoms with Crippen molar-refractivity contribution in [3.05, 3.63) is 35.9 Å². The van der Waals surface area contributed by atoms with Crippen molar-refractivity contribution < 1.29 is 19.1 Å². The lowest BCUT2D eigenvalue weighted by atomic mass is 10.1. The molecule has 1 aromatic carbocycles. The van der Waals surface area contributed by atoms with Gasteiger partial charge < -0.3 is 14.4 Å². The van der Waals surface area contributed by atoms with Crippen LogP contribution in [-0.2, 0) is 14.3 Å². The quantitative estimate of drug-likeness (QED) is 0.689. The van der Waals surface area contributed by atoms with Gasteiger partial charge in [-0.15, -0.1) is 0 Å². The zero-order chi connectivity index (χ0) is 16.4. The summed E-state index contributed by atoms with van der Waals surface area (Å²) in [5, 5.41) is 0. The fourth-order valence-corrected chi connectivity index (χ4v) is 2.11. The zero-order valence-electron chi connectivity index (χ0n) is 13.6. The van der Waals surface area contributed by atoms with Gasteiger partial charge in [0.25, 0.3) is 0 Å². The maximum Gasteiger partial charge on any atom is 0.410 e. The minimum atomic E-state index is -1.02. The van der Waals surface area contributed by atoms with E-state index in [1.165, 1.54) is 0 Å². The Kier molecular flexibility index (Phi) is 8.04. The standard InChI is InChI=1S/C17H25NO4/c1-4-12-18(13-5-2)17(20)22-15(16(19)21-6-3)14-10-8-7-9-11-14/h7-11,15H,4-6,12-13H2,1-3H3. The molecule has 0 aliphatic rings. The molecular formula is C17H25NO4. The Morgan fingerprint density at radius 3 is 2.14 bits per heavy atom. The van der Waals surface area contributed by atoms with Crippen molar-refractivity contribution in [1.29, 1.82) is 0 Å². The van der Waals surface area contributed by atoms with Crippen molar-refractivity contribution in [3.63, 3.8) is 0 Å². The van der Waals surface area contributed by atoms with Crippen molar-refractivity contribution >= 4 is 12.1 Å². The molecule has 1 amide bonds. The van der Waals surface area contributed by atoms with Crippen LogP contribution in [-0.4, -0.2) is 36.7 Å². The summed E-state index contributed by atoms with van der Waals surface area (Å²) in [6.07, 6.45) is 0.171. The highest BCUT2D eigenvalue weighted by molar-refractivity contribution is 5.80. The van der Waals surface area contributed by atoms with E-state index >= 15 is 0 Å². The molecule has 0 aromatic heterocycles. The molecule has 122 valence electrons. The first-order valence-electron chi connectivity index (χ1n) is 7.81. The molecule has 1 atom stereocenters. The van der Waals surface area contributed by atoms with Gasteiger partial charge in [-0.2, -0.15) is 0 Å². The van der Waals surface area contributed by atoms with Gasteiger partial charge in [-0.3, -0.25) is 0 Å². The average molecular weight is 307 g/mol. The topological polar surface area (TPSA) is 55.8 Å². The van der Waals surface area contributed by atoms with Crippen LogP contribution in [0.3, 0.4) is 0 Å². The van der Waals surface area contributed by atoms with Crippen LogP contribution in [0.2, 0.25) is 0 Å². The molecule has 0 saturated heterocycles. The lowest BCUT2D eigenvalue weighted by molar-refractivity contribution is -0.154. The SMILES string of the molecule is CCCN(CCC)C(=O)OC(C(=O)OCC)c1ccccc1. The predicted octanol–water partition coefficient (Wildman–Crippen LogP) is 3.55. The molecule has 0 radical (unpaired) electrons. The van der Waals surface area contributed by atoms with Gasteiger partial charge in [0.15, 0.2) is 0 Å². The predicted molar refractivity (Wildman–Crippen MR) is 84.5 cm³/mol. The highest BCUT2D eigenvalue weighted by Gasteiger charge is 2.28. The van der Waals surface area contributed by atoms with Crippen molar-refractivity contribution in [2.45, 2.75) is 39.7 Å². The monoisotopic (exact) mass is 307 g/mol. The molecule has 0 aliphatic heterocycles. The molecular weight excluding hydrogens is 282 g/mol. The number of esters is 1. The van der Waals surface area contributed by atoms with Crippen LogP contribution in [0.25, 0.3) is 0 Å². The van der Waals surface area contributed by atoms with Gasteiger partial charge in [0, 0.05) is 18.7 Å². The van der Waals surface area contributed by atoms with E-state index in [1.54, 1.807) is 36.1 Å². The molecule has 5 nitrogen and oxygen atoms in total. The minimum absolute atomic E-state index is 0.243. The molecule has 1 aromatic rings. The molecule has 1 unspecified atom stereocenters. The van der Waals surface area contributed by atoms with Crippen molar-refractivity contribution in [2.75, 3.05) is 19.7 Å². The van der Waals surface area contributed by atoms with E-state index in [2.05, 4.69) is 0 Å². The summed E-state index contributed by atoms with van der Waals surface area (Å²) in [6.45, 7) is 7.18. The maximum absolute atomic E-state index is 12.3. The third-order valence-electron chi connectivity index (χ3n) is 3.07. The van der Waals surface area contributed by atoms with Crippen molar-refractivity contribution in [2.24, 2.45) is 0 Å². The van der Waals surface area contributed by atoms with Gasteiger partial charge in [-0.1, -0.05) is 44.2 Å². The normalized spacial score (nSPS) is 11.6. The molecule has 0 aliphatic carbocycles. The van der Waals surface area contributed by atoms with Gasteiger partial charge in [0.1, 0.15) is 0 Å². The van der Waals surface area contributed by atoms with E-state index in [0.29, 0.717) is 18.7 Å². The molecule has 0 bridgehead atoms. The van der Waals surface area contributed by atoms with Gasteiger partial charge in [-0.25, -0.2) is 9.59 Å². The van der Waals surface area contributed by atoms with Gasteiger partial charge in [0.2, 0.25) is 6.10 Å². The average Bonchev–Trinajstić information content (AvgIpc) is 2.53. The maximum atomic E-state index is 12.3. The summed E-state index contributed by atoms with van der Waals surface area (Å²) in [5.74, 6) is -0.546. The zero-order valence-corrected chi connectivity index (χ0v) is 13.6. The van der Waals surface area contributed by atoms with Crippen LogP contribution >= 0.6 is 0 Å². The van der Waals surface area contributed by atoms with Crippen LogP contribution in [0, 0.1) is 0 Å². The molecule has 5 heteroatoms. The Morgan fingerprint density at radius 1 is 1.05 bits per heavy atom. The Hall–Kier alpha value is -2.04. The van der Waals surface area contributed by atoms with Gasteiger partial charge in [-0.05, 0) is 19.8 Å². The third kappa shape index (κ3) is 5.39. The van der Waals surface area contributed by atoms with Gasteiger partial charge in [0.05, 0.1) is 6.61 Å². The van der Waals surface area contributed by atoms with Crippen LogP contribution in [0.5, 0.6) is 0 Å². The fraction of sp³-hybridized carbons (Fsp3) is 0.529. The number of benzene rings is 1. The van der Waals surface area contributed by atoms with Gasteiger partial charge >= 0.3 is 12.1 Å². The number of amides is 1.